The van der Waals surface area contributed by atoms with E-state index in [-0.39, 0.29) is 28.4 Å². The number of carbonyl (C=O) groups excluding carboxylic acids is 1. The number of aliphatic hydroxyl groups is 4. The standard InChI is InChI=1S/C25H24O16/c26-9-3-11(27)10-5-16(23(39-15(10)4-9)8-1-12(28)19(32)13(29)2-8)40-25-22(35)21(34)20(33)17(41-25)7-38-18(31)6-14(30)24(36)37/h1-5,14,17,20-22,25,27-30,32-35H,6-7H2,(H,36,37)/t14-,17-,20-,21+,22-,25-/m1/s1. The number of aliphatic hydroxyl groups excluding tert-OH is 4. The number of phenols is 4. The lowest BCUT2D eigenvalue weighted by Crippen LogP contribution is -2.60. The molecule has 3 aliphatic rings. The average Bonchev–Trinajstić information content (AvgIpc) is 2.90. The van der Waals surface area contributed by atoms with Crippen molar-refractivity contribution >= 4 is 11.9 Å². The lowest BCUT2D eigenvalue weighted by atomic mass is 9.99. The van der Waals surface area contributed by atoms with Crippen LogP contribution in [0, 0.1) is 0 Å². The molecule has 1 aromatic carbocycles. The van der Waals surface area contributed by atoms with Crippen molar-refractivity contribution in [1.82, 2.24) is 0 Å². The number of carbonyl (C=O) groups is 2. The Morgan fingerprint density at radius 2 is 1.56 bits per heavy atom. The number of ether oxygens (including phenoxy) is 3. The third-order valence-corrected chi connectivity index (χ3v) is 6.10. The minimum atomic E-state index is -2.05. The van der Waals surface area contributed by atoms with E-state index < -0.39 is 90.2 Å². The first kappa shape index (κ1) is 29.4. The molecule has 0 spiro atoms. The van der Waals surface area contributed by atoms with Crippen molar-refractivity contribution in [3.63, 3.8) is 0 Å². The van der Waals surface area contributed by atoms with Gasteiger partial charge in [0.25, 0.3) is 0 Å². The van der Waals surface area contributed by atoms with Crippen LogP contribution in [0.3, 0.4) is 0 Å². The summed E-state index contributed by atoms with van der Waals surface area (Å²) in [7, 11) is 0. The smallest absolute Gasteiger partial charge is 0.333 e. The van der Waals surface area contributed by atoms with E-state index in [4.69, 9.17) is 23.7 Å². The van der Waals surface area contributed by atoms with Crippen LogP contribution in [-0.2, 0) is 19.1 Å². The maximum atomic E-state index is 11.9. The number of hydrogen-bond acceptors (Lipinski definition) is 15. The zero-order chi connectivity index (χ0) is 30.2. The van der Waals surface area contributed by atoms with Crippen molar-refractivity contribution in [2.45, 2.75) is 43.2 Å². The normalized spacial score (nSPS) is 23.2. The van der Waals surface area contributed by atoms with Gasteiger partial charge in [0.15, 0.2) is 40.3 Å². The molecule has 9 N–H and O–H groups in total. The summed E-state index contributed by atoms with van der Waals surface area (Å²) in [6, 6.07) is 4.94. The molecule has 0 unspecified atom stereocenters. The Morgan fingerprint density at radius 3 is 2.20 bits per heavy atom. The van der Waals surface area contributed by atoms with Gasteiger partial charge in [0.1, 0.15) is 42.5 Å². The van der Waals surface area contributed by atoms with Crippen LogP contribution in [0.15, 0.2) is 39.5 Å². The van der Waals surface area contributed by atoms with E-state index in [0.717, 1.165) is 30.3 Å². The highest BCUT2D eigenvalue weighted by atomic mass is 16.7. The molecule has 16 nitrogen and oxygen atoms in total. The summed E-state index contributed by atoms with van der Waals surface area (Å²) in [5.41, 5.74) is -0.825. The fraction of sp³-hybridized carbons (Fsp3) is 0.320. The molecule has 1 aromatic rings. The molecule has 0 aromatic heterocycles. The highest BCUT2D eigenvalue weighted by molar-refractivity contribution is 5.80. The second-order valence-corrected chi connectivity index (χ2v) is 9.03. The zero-order valence-electron chi connectivity index (χ0n) is 20.6. The van der Waals surface area contributed by atoms with Gasteiger partial charge in [0.05, 0.1) is 12.0 Å². The van der Waals surface area contributed by atoms with Crippen LogP contribution in [-0.4, -0.2) is 101 Å². The molecular formula is C25H24O16. The minimum Gasteiger partial charge on any atom is -0.507 e. The Morgan fingerprint density at radius 1 is 0.902 bits per heavy atom. The topological polar surface area (TPSA) is 274 Å². The van der Waals surface area contributed by atoms with Crippen molar-refractivity contribution in [1.29, 1.82) is 0 Å². The fourth-order valence-corrected chi connectivity index (χ4v) is 3.95. The third kappa shape index (κ3) is 6.11. The van der Waals surface area contributed by atoms with Gasteiger partial charge in [-0.1, -0.05) is 0 Å². The third-order valence-electron chi connectivity index (χ3n) is 6.10. The van der Waals surface area contributed by atoms with Crippen LogP contribution < -0.4 is 10.2 Å². The molecule has 1 saturated heterocycles. The Kier molecular flexibility index (Phi) is 8.22. The molecule has 0 radical (unpaired) electrons. The number of phenolic OH excluding ortho intramolecular Hbond substituents is 4. The highest BCUT2D eigenvalue weighted by Crippen LogP contribution is 2.45. The largest absolute Gasteiger partial charge is 0.507 e. The molecule has 6 atom stereocenters. The Balaban J connectivity index is 1.68. The number of esters is 1. The number of rotatable bonds is 8. The second-order valence-electron chi connectivity index (χ2n) is 9.03. The van der Waals surface area contributed by atoms with Gasteiger partial charge in [-0.3, -0.25) is 9.59 Å². The Hall–Kier alpha value is -4.61. The predicted molar refractivity (Wildman–Crippen MR) is 130 cm³/mol. The maximum absolute atomic E-state index is 11.9. The van der Waals surface area contributed by atoms with Crippen LogP contribution in [0.25, 0.3) is 22.6 Å². The first-order chi connectivity index (χ1) is 19.3. The van der Waals surface area contributed by atoms with Crippen molar-refractivity contribution in [2.24, 2.45) is 0 Å². The zero-order valence-corrected chi connectivity index (χ0v) is 20.6. The van der Waals surface area contributed by atoms with Crippen LogP contribution in [0.4, 0.5) is 0 Å². The van der Waals surface area contributed by atoms with Gasteiger partial charge in [-0.25, -0.2) is 4.79 Å². The Labute approximate surface area is 228 Å². The van der Waals surface area contributed by atoms with Crippen molar-refractivity contribution < 1.29 is 74.2 Å². The number of benzene rings is 2. The SMILES string of the molecule is O=C(C[C@@H](O)C(=O)O)OC[C@H]1O[C@@H](Oc2cc3c(O)cc(=O)cc-3oc2-c2cc(O)c(O)c(O)c2)[C@H](O)[C@@H](O)[C@@H]1O. The van der Waals surface area contributed by atoms with E-state index in [2.05, 4.69) is 0 Å². The lowest BCUT2D eigenvalue weighted by Gasteiger charge is -2.40. The van der Waals surface area contributed by atoms with Crippen molar-refractivity contribution in [2.75, 3.05) is 6.61 Å². The first-order valence-electron chi connectivity index (χ1n) is 11.8. The van der Waals surface area contributed by atoms with E-state index in [1.54, 1.807) is 0 Å². The molecule has 220 valence electrons. The average molecular weight is 580 g/mol. The lowest BCUT2D eigenvalue weighted by molar-refractivity contribution is -0.278. The molecule has 1 fully saturated rings. The molecule has 0 saturated carbocycles. The number of hydrogen-bond donors (Lipinski definition) is 9. The van der Waals surface area contributed by atoms with Gasteiger partial charge in [0, 0.05) is 17.7 Å². The Bertz CT molecular complexity index is 1460. The highest BCUT2D eigenvalue weighted by Gasteiger charge is 2.46. The molecule has 4 rings (SSSR count). The molecule has 2 aliphatic heterocycles. The summed E-state index contributed by atoms with van der Waals surface area (Å²) in [5.74, 6) is -6.63. The number of aliphatic carboxylic acids is 1. The summed E-state index contributed by atoms with van der Waals surface area (Å²) < 4.78 is 21.7. The predicted octanol–water partition coefficient (Wildman–Crippen LogP) is -1.20. The summed E-state index contributed by atoms with van der Waals surface area (Å²) in [4.78, 5) is 34.5. The van der Waals surface area contributed by atoms with Gasteiger partial charge >= 0.3 is 11.9 Å². The van der Waals surface area contributed by atoms with Crippen LogP contribution >= 0.6 is 0 Å². The molecule has 1 aliphatic carbocycles. The molecule has 16 heteroatoms. The van der Waals surface area contributed by atoms with E-state index >= 15 is 0 Å². The van der Waals surface area contributed by atoms with Gasteiger partial charge in [-0.15, -0.1) is 0 Å². The quantitative estimate of drug-likeness (QED) is 0.112. The molecule has 41 heavy (non-hydrogen) atoms. The molecule has 0 amide bonds. The monoisotopic (exact) mass is 580 g/mol. The summed E-state index contributed by atoms with van der Waals surface area (Å²) in [6.07, 6.45) is -12.0. The molecular weight excluding hydrogens is 556 g/mol. The van der Waals surface area contributed by atoms with Crippen LogP contribution in [0.1, 0.15) is 6.42 Å². The minimum absolute atomic E-state index is 0.0658. The molecule has 0 bridgehead atoms. The van der Waals surface area contributed by atoms with Crippen molar-refractivity contribution in [3.05, 3.63) is 40.6 Å². The van der Waals surface area contributed by atoms with Crippen LogP contribution in [0.2, 0.25) is 0 Å². The number of carboxylic acids is 1. The van der Waals surface area contributed by atoms with Gasteiger partial charge in [0.2, 0.25) is 6.29 Å². The van der Waals surface area contributed by atoms with E-state index in [9.17, 15) is 55.2 Å². The summed E-state index contributed by atoms with van der Waals surface area (Å²) >= 11 is 0. The van der Waals surface area contributed by atoms with Gasteiger partial charge < -0.3 is 64.6 Å². The first-order valence-corrected chi connectivity index (χ1v) is 11.8. The van der Waals surface area contributed by atoms with E-state index in [0.29, 0.717) is 0 Å². The number of carboxylic acid groups (broad SMARTS) is 1. The number of aromatic hydroxyl groups is 4. The van der Waals surface area contributed by atoms with E-state index in [1.807, 2.05) is 0 Å². The summed E-state index contributed by atoms with van der Waals surface area (Å²) in [6.45, 7) is -0.766. The van der Waals surface area contributed by atoms with Gasteiger partial charge in [-0.05, 0) is 18.2 Å². The van der Waals surface area contributed by atoms with Crippen molar-refractivity contribution in [3.8, 4) is 51.4 Å². The van der Waals surface area contributed by atoms with E-state index in [1.165, 1.54) is 0 Å². The summed E-state index contributed by atoms with van der Waals surface area (Å²) in [5, 5.41) is 89.2. The van der Waals surface area contributed by atoms with Gasteiger partial charge in [-0.2, -0.15) is 0 Å². The molecule has 2 heterocycles. The second kappa shape index (κ2) is 11.5. The maximum Gasteiger partial charge on any atom is 0.333 e. The van der Waals surface area contributed by atoms with Crippen LogP contribution in [0.5, 0.6) is 28.7 Å². The fourth-order valence-electron chi connectivity index (χ4n) is 3.95. The number of fused-ring (bicyclic) bond motifs is 1.